The summed E-state index contributed by atoms with van der Waals surface area (Å²) in [7, 11) is 1.94. The van der Waals surface area contributed by atoms with Gasteiger partial charge in [0.1, 0.15) is 5.69 Å². The number of fused-ring (bicyclic) bond motifs is 2. The Morgan fingerprint density at radius 1 is 1.13 bits per heavy atom. The van der Waals surface area contributed by atoms with Gasteiger partial charge >= 0.3 is 0 Å². The van der Waals surface area contributed by atoms with Crippen molar-refractivity contribution < 1.29 is 4.79 Å². The molecule has 3 N–H and O–H groups in total. The van der Waals surface area contributed by atoms with E-state index in [1.807, 2.05) is 49.5 Å². The number of H-pyrrole nitrogens is 1. The number of carbonyl (C=O) groups excluding carboxylic acids is 1. The Bertz CT molecular complexity index is 835. The van der Waals surface area contributed by atoms with Crippen molar-refractivity contribution in [3.63, 3.8) is 0 Å². The molecule has 0 unspecified atom stereocenters. The number of aromatic amines is 1. The van der Waals surface area contributed by atoms with Crippen LogP contribution in [0.15, 0.2) is 54.6 Å². The van der Waals surface area contributed by atoms with Crippen LogP contribution >= 0.6 is 0 Å². The van der Waals surface area contributed by atoms with Crippen LogP contribution in [0, 0.1) is 0 Å². The minimum atomic E-state index is -0.0562. The average molecular weight is 305 g/mol. The summed E-state index contributed by atoms with van der Waals surface area (Å²) in [4.78, 5) is 15.8. The minimum Gasteiger partial charge on any atom is -0.351 e. The van der Waals surface area contributed by atoms with Crippen LogP contribution in [-0.2, 0) is 6.42 Å². The molecule has 2 aromatic carbocycles. The number of hydrogen-bond donors (Lipinski definition) is 3. The standard InChI is InChI=1S/C19H19N3O/c1-20-18-14-8-4-2-6-12(14)10-16(18)22-19(23)17-11-13-7-3-5-9-15(13)21-17/h2-9,11,16,18,20-21H,10H2,1H3,(H,22,23)/t16-,18+/m1/s1. The van der Waals surface area contributed by atoms with E-state index in [2.05, 4.69) is 27.8 Å². The molecule has 4 nitrogen and oxygen atoms in total. The lowest BCUT2D eigenvalue weighted by molar-refractivity contribution is 0.0926. The normalized spacial score (nSPS) is 19.7. The topological polar surface area (TPSA) is 56.9 Å². The van der Waals surface area contributed by atoms with Crippen molar-refractivity contribution in [2.24, 2.45) is 0 Å². The molecule has 0 saturated heterocycles. The fourth-order valence-corrected chi connectivity index (χ4v) is 3.53. The Morgan fingerprint density at radius 2 is 1.91 bits per heavy atom. The van der Waals surface area contributed by atoms with E-state index in [0.29, 0.717) is 5.69 Å². The third kappa shape index (κ3) is 2.41. The first kappa shape index (κ1) is 14.0. The van der Waals surface area contributed by atoms with Gasteiger partial charge in [-0.05, 0) is 36.7 Å². The van der Waals surface area contributed by atoms with E-state index in [4.69, 9.17) is 0 Å². The highest BCUT2D eigenvalue weighted by Gasteiger charge is 2.32. The average Bonchev–Trinajstić information content (AvgIpc) is 3.15. The Labute approximate surface area is 134 Å². The number of hydrogen-bond acceptors (Lipinski definition) is 2. The van der Waals surface area contributed by atoms with Crippen molar-refractivity contribution in [3.8, 4) is 0 Å². The van der Waals surface area contributed by atoms with Gasteiger partial charge in [0.05, 0.1) is 12.1 Å². The van der Waals surface area contributed by atoms with Gasteiger partial charge in [0.25, 0.3) is 5.91 Å². The predicted octanol–water partition coefficient (Wildman–Crippen LogP) is 2.78. The summed E-state index contributed by atoms with van der Waals surface area (Å²) in [6.07, 6.45) is 0.855. The van der Waals surface area contributed by atoms with E-state index >= 15 is 0 Å². The highest BCUT2D eigenvalue weighted by atomic mass is 16.2. The smallest absolute Gasteiger partial charge is 0.268 e. The molecule has 0 radical (unpaired) electrons. The van der Waals surface area contributed by atoms with Crippen LogP contribution in [0.4, 0.5) is 0 Å². The van der Waals surface area contributed by atoms with Gasteiger partial charge < -0.3 is 15.6 Å². The molecule has 0 fully saturated rings. The zero-order valence-electron chi connectivity index (χ0n) is 13.0. The number of aromatic nitrogens is 1. The maximum Gasteiger partial charge on any atom is 0.268 e. The highest BCUT2D eigenvalue weighted by Crippen LogP contribution is 2.31. The number of rotatable bonds is 3. The molecule has 1 heterocycles. The molecule has 0 saturated carbocycles. The van der Waals surface area contributed by atoms with Crippen LogP contribution in [0.1, 0.15) is 27.7 Å². The van der Waals surface area contributed by atoms with Crippen molar-refractivity contribution in [1.82, 2.24) is 15.6 Å². The third-order valence-electron chi connectivity index (χ3n) is 4.63. The Kier molecular flexibility index (Phi) is 3.39. The molecule has 1 amide bonds. The van der Waals surface area contributed by atoms with Gasteiger partial charge in [-0.3, -0.25) is 4.79 Å². The van der Waals surface area contributed by atoms with Gasteiger partial charge in [0.2, 0.25) is 0 Å². The molecule has 4 rings (SSSR count). The van der Waals surface area contributed by atoms with Gasteiger partial charge in [0.15, 0.2) is 0 Å². The summed E-state index contributed by atoms with van der Waals surface area (Å²) in [6.45, 7) is 0. The largest absolute Gasteiger partial charge is 0.351 e. The SMILES string of the molecule is CN[C@H]1c2ccccc2C[C@H]1NC(=O)c1cc2ccccc2[nH]1. The zero-order valence-corrected chi connectivity index (χ0v) is 13.0. The van der Waals surface area contributed by atoms with Crippen LogP contribution in [0.5, 0.6) is 0 Å². The van der Waals surface area contributed by atoms with Crippen LogP contribution in [0.25, 0.3) is 10.9 Å². The number of nitrogens with one attached hydrogen (secondary N) is 3. The molecule has 23 heavy (non-hydrogen) atoms. The Morgan fingerprint density at radius 3 is 2.74 bits per heavy atom. The monoisotopic (exact) mass is 305 g/mol. The third-order valence-corrected chi connectivity index (χ3v) is 4.63. The van der Waals surface area contributed by atoms with Gasteiger partial charge in [-0.25, -0.2) is 0 Å². The van der Waals surface area contributed by atoms with Crippen molar-refractivity contribution in [2.45, 2.75) is 18.5 Å². The second-order valence-electron chi connectivity index (χ2n) is 6.02. The first-order valence-electron chi connectivity index (χ1n) is 7.90. The number of carbonyl (C=O) groups is 1. The van der Waals surface area contributed by atoms with Crippen molar-refractivity contribution >= 4 is 16.8 Å². The van der Waals surface area contributed by atoms with Crippen molar-refractivity contribution in [2.75, 3.05) is 7.05 Å². The van der Waals surface area contributed by atoms with Crippen LogP contribution in [0.3, 0.4) is 0 Å². The summed E-state index contributed by atoms with van der Waals surface area (Å²) in [6, 6.07) is 18.4. The van der Waals surface area contributed by atoms with Crippen molar-refractivity contribution in [1.29, 1.82) is 0 Å². The van der Waals surface area contributed by atoms with Crippen molar-refractivity contribution in [3.05, 3.63) is 71.4 Å². The van der Waals surface area contributed by atoms with Gasteiger partial charge in [0, 0.05) is 10.9 Å². The van der Waals surface area contributed by atoms with Gasteiger partial charge in [-0.15, -0.1) is 0 Å². The second kappa shape index (κ2) is 5.56. The van der Waals surface area contributed by atoms with Crippen LogP contribution in [0.2, 0.25) is 0 Å². The molecule has 1 aliphatic carbocycles. The molecule has 1 aliphatic rings. The molecule has 116 valence electrons. The number of para-hydroxylation sites is 1. The molecule has 4 heteroatoms. The predicted molar refractivity (Wildman–Crippen MR) is 91.5 cm³/mol. The molecular formula is C19H19N3O. The molecular weight excluding hydrogens is 286 g/mol. The highest BCUT2D eigenvalue weighted by molar-refractivity contribution is 5.98. The molecule has 0 aliphatic heterocycles. The zero-order chi connectivity index (χ0) is 15.8. The Hall–Kier alpha value is -2.59. The van der Waals surface area contributed by atoms with Gasteiger partial charge in [-0.2, -0.15) is 0 Å². The summed E-state index contributed by atoms with van der Waals surface area (Å²) < 4.78 is 0. The van der Waals surface area contributed by atoms with E-state index < -0.39 is 0 Å². The quantitative estimate of drug-likeness (QED) is 0.697. The molecule has 1 aromatic heterocycles. The van der Waals surface area contributed by atoms with E-state index in [1.54, 1.807) is 0 Å². The van der Waals surface area contributed by atoms with E-state index in [1.165, 1.54) is 11.1 Å². The van der Waals surface area contributed by atoms with Crippen LogP contribution < -0.4 is 10.6 Å². The lowest BCUT2D eigenvalue weighted by Crippen LogP contribution is -2.41. The van der Waals surface area contributed by atoms with Gasteiger partial charge in [-0.1, -0.05) is 42.5 Å². The summed E-state index contributed by atoms with van der Waals surface area (Å²) in [5.74, 6) is -0.0562. The molecule has 0 spiro atoms. The van der Waals surface area contributed by atoms with E-state index in [-0.39, 0.29) is 18.0 Å². The number of benzene rings is 2. The lowest BCUT2D eigenvalue weighted by Gasteiger charge is -2.21. The van der Waals surface area contributed by atoms with E-state index in [0.717, 1.165) is 17.3 Å². The molecule has 2 atom stereocenters. The first-order valence-corrected chi connectivity index (χ1v) is 7.90. The summed E-state index contributed by atoms with van der Waals surface area (Å²) in [5.41, 5.74) is 4.17. The number of amides is 1. The lowest BCUT2D eigenvalue weighted by atomic mass is 10.1. The fraction of sp³-hybridized carbons (Fsp3) is 0.211. The minimum absolute atomic E-state index is 0.0562. The van der Waals surface area contributed by atoms with Crippen LogP contribution in [-0.4, -0.2) is 24.0 Å². The Balaban J connectivity index is 1.57. The summed E-state index contributed by atoms with van der Waals surface area (Å²) in [5, 5.41) is 7.55. The maximum absolute atomic E-state index is 12.6. The first-order chi connectivity index (χ1) is 11.3. The summed E-state index contributed by atoms with van der Waals surface area (Å²) >= 11 is 0. The second-order valence-corrected chi connectivity index (χ2v) is 6.02. The maximum atomic E-state index is 12.6. The fourth-order valence-electron chi connectivity index (χ4n) is 3.53. The molecule has 3 aromatic rings. The number of likely N-dealkylation sites (N-methyl/N-ethyl adjacent to an activating group) is 1. The van der Waals surface area contributed by atoms with E-state index in [9.17, 15) is 4.79 Å². The molecule has 0 bridgehead atoms.